The molecule has 82 valence electrons. The van der Waals surface area contributed by atoms with Crippen LogP contribution < -0.4 is 10.1 Å². The van der Waals surface area contributed by atoms with Crippen molar-refractivity contribution in [2.24, 2.45) is 0 Å². The van der Waals surface area contributed by atoms with Crippen LogP contribution in [0.15, 0.2) is 35.0 Å². The zero-order valence-electron chi connectivity index (χ0n) is 8.44. The van der Waals surface area contributed by atoms with Crippen molar-refractivity contribution in [3.05, 3.63) is 46.4 Å². The fourth-order valence-corrected chi connectivity index (χ4v) is 2.48. The molecule has 1 aromatic carbocycles. The predicted octanol–water partition coefficient (Wildman–Crippen LogP) is 3.43. The second kappa shape index (κ2) is 3.79. The number of benzene rings is 1. The molecule has 0 saturated heterocycles. The molecule has 0 spiro atoms. The van der Waals surface area contributed by atoms with Gasteiger partial charge in [-0.05, 0) is 17.7 Å². The number of thiophene rings is 1. The average Bonchev–Trinajstić information content (AvgIpc) is 2.77. The Bertz CT molecular complexity index is 494. The first-order valence-electron chi connectivity index (χ1n) is 5.05. The van der Waals surface area contributed by atoms with Crippen molar-refractivity contribution in [3.63, 3.8) is 0 Å². The first kappa shape index (κ1) is 9.66. The summed E-state index contributed by atoms with van der Waals surface area (Å²) >= 11 is 1.61. The van der Waals surface area contributed by atoms with E-state index in [9.17, 15) is 4.39 Å². The van der Waals surface area contributed by atoms with Crippen molar-refractivity contribution >= 4 is 17.0 Å². The minimum absolute atomic E-state index is 0.0392. The van der Waals surface area contributed by atoms with E-state index in [0.29, 0.717) is 0 Å². The Balaban J connectivity index is 1.86. The van der Waals surface area contributed by atoms with Crippen LogP contribution in [0.1, 0.15) is 11.7 Å². The summed E-state index contributed by atoms with van der Waals surface area (Å²) in [6, 6.07) is 6.45. The minimum Gasteiger partial charge on any atom is -0.481 e. The summed E-state index contributed by atoms with van der Waals surface area (Å²) < 4.78 is 18.6. The zero-order chi connectivity index (χ0) is 11.0. The highest BCUT2D eigenvalue weighted by Crippen LogP contribution is 2.36. The second-order valence-corrected chi connectivity index (χ2v) is 4.43. The second-order valence-electron chi connectivity index (χ2n) is 3.69. The van der Waals surface area contributed by atoms with E-state index in [2.05, 4.69) is 5.32 Å². The number of anilines is 1. The molecule has 0 fully saturated rings. The summed E-state index contributed by atoms with van der Waals surface area (Å²) in [5, 5.41) is 7.29. The summed E-state index contributed by atoms with van der Waals surface area (Å²) in [5.74, 6) is 0.661. The number of rotatable bonds is 1. The van der Waals surface area contributed by atoms with Gasteiger partial charge in [-0.2, -0.15) is 0 Å². The largest absolute Gasteiger partial charge is 0.481 e. The maximum Gasteiger partial charge on any atom is 0.154 e. The predicted molar refractivity (Wildman–Crippen MR) is 62.6 cm³/mol. The number of hydrogen-bond donors (Lipinski definition) is 1. The van der Waals surface area contributed by atoms with Gasteiger partial charge in [-0.3, -0.25) is 0 Å². The first-order chi connectivity index (χ1) is 7.83. The average molecular weight is 235 g/mol. The molecule has 1 N–H and O–H groups in total. The summed E-state index contributed by atoms with van der Waals surface area (Å²) in [5.41, 5.74) is 2.04. The van der Waals surface area contributed by atoms with Crippen molar-refractivity contribution in [1.82, 2.24) is 0 Å². The molecule has 0 saturated carbocycles. The fraction of sp³-hybridized carbons (Fsp3) is 0.167. The number of fused-ring (bicyclic) bond motifs is 1. The molecule has 1 aliphatic rings. The third kappa shape index (κ3) is 1.65. The highest BCUT2D eigenvalue weighted by molar-refractivity contribution is 7.08. The molecule has 1 unspecified atom stereocenters. The number of halogens is 1. The fourth-order valence-electron chi connectivity index (χ4n) is 1.77. The van der Waals surface area contributed by atoms with Crippen LogP contribution in [0.3, 0.4) is 0 Å². The van der Waals surface area contributed by atoms with Gasteiger partial charge in [0.05, 0.1) is 12.2 Å². The number of nitrogens with one attached hydrogen (secondary N) is 1. The molecule has 2 nitrogen and oxygen atoms in total. The first-order valence-corrected chi connectivity index (χ1v) is 5.99. The molecule has 16 heavy (non-hydrogen) atoms. The standard InChI is InChI=1S/C12H10FNOS/c13-9-3-1-8(2-4-9)11-5-14-10-6-16-7-12(10)15-11/h1-4,6-7,11,14H,5H2. The molecule has 1 aliphatic heterocycles. The molecule has 3 rings (SSSR count). The Morgan fingerprint density at radius 3 is 2.88 bits per heavy atom. The van der Waals surface area contributed by atoms with Crippen molar-refractivity contribution in [2.75, 3.05) is 11.9 Å². The lowest BCUT2D eigenvalue weighted by molar-refractivity contribution is 0.211. The van der Waals surface area contributed by atoms with Crippen molar-refractivity contribution < 1.29 is 9.13 Å². The van der Waals surface area contributed by atoms with Gasteiger partial charge < -0.3 is 10.1 Å². The quantitative estimate of drug-likeness (QED) is 0.817. The van der Waals surface area contributed by atoms with Gasteiger partial charge >= 0.3 is 0 Å². The van der Waals surface area contributed by atoms with E-state index in [0.717, 1.165) is 23.5 Å². The third-order valence-electron chi connectivity index (χ3n) is 2.62. The van der Waals surface area contributed by atoms with Crippen LogP contribution in [0.4, 0.5) is 10.1 Å². The number of ether oxygens (including phenoxy) is 1. The Kier molecular flexibility index (Phi) is 2.29. The maximum absolute atomic E-state index is 12.8. The normalized spacial score (nSPS) is 18.4. The lowest BCUT2D eigenvalue weighted by Gasteiger charge is -2.25. The third-order valence-corrected chi connectivity index (χ3v) is 3.34. The van der Waals surface area contributed by atoms with E-state index >= 15 is 0 Å². The van der Waals surface area contributed by atoms with Crippen molar-refractivity contribution in [3.8, 4) is 5.75 Å². The molecular formula is C12H10FNOS. The van der Waals surface area contributed by atoms with Crippen LogP contribution in [-0.4, -0.2) is 6.54 Å². The summed E-state index contributed by atoms with van der Waals surface area (Å²) in [6.07, 6.45) is -0.0392. The van der Waals surface area contributed by atoms with Gasteiger partial charge in [-0.1, -0.05) is 12.1 Å². The van der Waals surface area contributed by atoms with E-state index in [1.807, 2.05) is 10.8 Å². The van der Waals surface area contributed by atoms with Gasteiger partial charge in [0.1, 0.15) is 11.9 Å². The van der Waals surface area contributed by atoms with Gasteiger partial charge in [0.2, 0.25) is 0 Å². The van der Waals surface area contributed by atoms with E-state index in [1.54, 1.807) is 23.5 Å². The lowest BCUT2D eigenvalue weighted by atomic mass is 10.1. The zero-order valence-corrected chi connectivity index (χ0v) is 9.26. The molecular weight excluding hydrogens is 225 g/mol. The van der Waals surface area contributed by atoms with Crippen LogP contribution in [0.5, 0.6) is 5.75 Å². The Morgan fingerprint density at radius 2 is 2.06 bits per heavy atom. The van der Waals surface area contributed by atoms with Gasteiger partial charge in [0.15, 0.2) is 5.75 Å². The molecule has 0 amide bonds. The highest BCUT2D eigenvalue weighted by atomic mass is 32.1. The number of hydrogen-bond acceptors (Lipinski definition) is 3. The molecule has 0 bridgehead atoms. The molecule has 0 radical (unpaired) electrons. The van der Waals surface area contributed by atoms with Crippen LogP contribution in [0.25, 0.3) is 0 Å². The van der Waals surface area contributed by atoms with Crippen LogP contribution in [-0.2, 0) is 0 Å². The van der Waals surface area contributed by atoms with Gasteiger partial charge in [-0.25, -0.2) is 4.39 Å². The van der Waals surface area contributed by atoms with Crippen LogP contribution in [0.2, 0.25) is 0 Å². The van der Waals surface area contributed by atoms with Gasteiger partial charge in [0, 0.05) is 10.8 Å². The summed E-state index contributed by atoms with van der Waals surface area (Å²) in [4.78, 5) is 0. The monoisotopic (exact) mass is 235 g/mol. The van der Waals surface area contributed by atoms with E-state index < -0.39 is 0 Å². The molecule has 2 heterocycles. The molecule has 1 aromatic heterocycles. The topological polar surface area (TPSA) is 21.3 Å². The van der Waals surface area contributed by atoms with Crippen LogP contribution >= 0.6 is 11.3 Å². The van der Waals surface area contributed by atoms with Crippen molar-refractivity contribution in [2.45, 2.75) is 6.10 Å². The van der Waals surface area contributed by atoms with Gasteiger partial charge in [0.25, 0.3) is 0 Å². The van der Waals surface area contributed by atoms with Crippen LogP contribution in [0, 0.1) is 5.82 Å². The Hall–Kier alpha value is -1.55. The summed E-state index contributed by atoms with van der Waals surface area (Å²) in [6.45, 7) is 0.718. The van der Waals surface area contributed by atoms with E-state index in [4.69, 9.17) is 4.74 Å². The van der Waals surface area contributed by atoms with Crippen molar-refractivity contribution in [1.29, 1.82) is 0 Å². The molecule has 2 aromatic rings. The molecule has 0 aliphatic carbocycles. The lowest BCUT2D eigenvalue weighted by Crippen LogP contribution is -2.22. The molecule has 1 atom stereocenters. The Morgan fingerprint density at radius 1 is 1.25 bits per heavy atom. The van der Waals surface area contributed by atoms with Gasteiger partial charge in [-0.15, -0.1) is 11.3 Å². The molecule has 4 heteroatoms. The maximum atomic E-state index is 12.8. The minimum atomic E-state index is -0.219. The van der Waals surface area contributed by atoms with E-state index in [-0.39, 0.29) is 11.9 Å². The SMILES string of the molecule is Fc1ccc(C2CNc3cscc3O2)cc1. The highest BCUT2D eigenvalue weighted by Gasteiger charge is 2.21. The Labute approximate surface area is 96.7 Å². The van der Waals surface area contributed by atoms with E-state index in [1.165, 1.54) is 12.1 Å². The smallest absolute Gasteiger partial charge is 0.154 e. The summed E-state index contributed by atoms with van der Waals surface area (Å²) in [7, 11) is 0.